The van der Waals surface area contributed by atoms with Gasteiger partial charge >= 0.3 is 5.97 Å². The molecule has 0 saturated heterocycles. The van der Waals surface area contributed by atoms with E-state index in [0.717, 1.165) is 20.2 Å². The highest BCUT2D eigenvalue weighted by Gasteiger charge is 2.10. The van der Waals surface area contributed by atoms with Crippen LogP contribution in [0.15, 0.2) is 81.0 Å². The Kier molecular flexibility index (Phi) is 6.21. The van der Waals surface area contributed by atoms with E-state index >= 15 is 0 Å². The lowest BCUT2D eigenvalue weighted by molar-refractivity contribution is -0.140. The first-order valence-electron chi connectivity index (χ1n) is 8.21. The van der Waals surface area contributed by atoms with Gasteiger partial charge in [-0.05, 0) is 60.3 Å². The fraction of sp³-hybridized carbons (Fsp3) is 0.0952. The van der Waals surface area contributed by atoms with E-state index < -0.39 is 5.97 Å². The van der Waals surface area contributed by atoms with E-state index in [4.69, 9.17) is 0 Å². The van der Waals surface area contributed by atoms with Gasteiger partial charge in [-0.1, -0.05) is 35.1 Å². The van der Waals surface area contributed by atoms with Gasteiger partial charge in [0.2, 0.25) is 5.78 Å². The van der Waals surface area contributed by atoms with Crippen LogP contribution in [0.5, 0.6) is 0 Å². The molecule has 0 aliphatic rings. The number of thiophene rings is 1. The second kappa shape index (κ2) is 8.79. The zero-order chi connectivity index (χ0) is 19.2. The van der Waals surface area contributed by atoms with E-state index in [1.807, 2.05) is 66.0 Å². The zero-order valence-electron chi connectivity index (χ0n) is 14.8. The second-order valence-corrected chi connectivity index (χ2v) is 7.81. The predicted octanol–water partition coefficient (Wildman–Crippen LogP) is 5.42. The Morgan fingerprint density at radius 2 is 1.48 bits per heavy atom. The van der Waals surface area contributed by atoms with Crippen molar-refractivity contribution in [2.24, 2.45) is 5.16 Å². The van der Waals surface area contributed by atoms with Crippen LogP contribution >= 0.6 is 23.1 Å². The largest absolute Gasteiger partial charge is 0.331 e. The molecule has 0 radical (unpaired) electrons. The van der Waals surface area contributed by atoms with Gasteiger partial charge in [0.15, 0.2) is 0 Å². The van der Waals surface area contributed by atoms with Gasteiger partial charge in [-0.3, -0.25) is 4.79 Å². The summed E-state index contributed by atoms with van der Waals surface area (Å²) in [6, 6.07) is 19.2. The third-order valence-electron chi connectivity index (χ3n) is 3.68. The highest BCUT2D eigenvalue weighted by molar-refractivity contribution is 7.99. The summed E-state index contributed by atoms with van der Waals surface area (Å²) in [6.45, 7) is 3.10. The quantitative estimate of drug-likeness (QED) is 0.242. The number of rotatable bonds is 6. The number of hydrogen-bond donors (Lipinski definition) is 0. The van der Waals surface area contributed by atoms with E-state index in [9.17, 15) is 9.59 Å². The number of hydrogen-bond acceptors (Lipinski definition) is 6. The Labute approximate surface area is 165 Å². The average molecular weight is 396 g/mol. The maximum Gasteiger partial charge on any atom is 0.331 e. The summed E-state index contributed by atoms with van der Waals surface area (Å²) in [6.07, 6.45) is 0. The van der Waals surface area contributed by atoms with Crippen LogP contribution in [0.4, 0.5) is 0 Å². The molecule has 2 aromatic carbocycles. The van der Waals surface area contributed by atoms with Crippen LogP contribution in [-0.4, -0.2) is 17.5 Å². The van der Waals surface area contributed by atoms with Crippen molar-refractivity contribution in [1.82, 2.24) is 0 Å². The molecule has 0 atom stereocenters. The molecule has 0 fully saturated rings. The second-order valence-electron chi connectivity index (χ2n) is 5.72. The van der Waals surface area contributed by atoms with Gasteiger partial charge < -0.3 is 4.84 Å². The first-order valence-corrected chi connectivity index (χ1v) is 9.91. The number of benzene rings is 2. The predicted molar refractivity (Wildman–Crippen MR) is 109 cm³/mol. The minimum absolute atomic E-state index is 0.0495. The molecule has 0 unspecified atom stereocenters. The fourth-order valence-corrected chi connectivity index (χ4v) is 3.81. The van der Waals surface area contributed by atoms with Crippen molar-refractivity contribution in [2.45, 2.75) is 23.6 Å². The van der Waals surface area contributed by atoms with Gasteiger partial charge in [0, 0.05) is 22.3 Å². The summed E-state index contributed by atoms with van der Waals surface area (Å²) < 4.78 is 0. The molecule has 0 amide bonds. The van der Waals surface area contributed by atoms with Gasteiger partial charge in [-0.25, -0.2) is 4.79 Å². The van der Waals surface area contributed by atoms with Crippen molar-refractivity contribution in [3.8, 4) is 0 Å². The third-order valence-corrected chi connectivity index (χ3v) is 5.56. The molecule has 6 heteroatoms. The van der Waals surface area contributed by atoms with E-state index in [1.54, 1.807) is 18.7 Å². The molecule has 1 aromatic heterocycles. The Morgan fingerprint density at radius 1 is 0.889 bits per heavy atom. The molecule has 1 heterocycles. The summed E-state index contributed by atoms with van der Waals surface area (Å²) in [4.78, 5) is 30.7. The van der Waals surface area contributed by atoms with Crippen LogP contribution in [0.1, 0.15) is 34.6 Å². The minimum Gasteiger partial charge on any atom is -0.318 e. The number of oxime groups is 1. The monoisotopic (exact) mass is 395 g/mol. The van der Waals surface area contributed by atoms with E-state index in [1.165, 1.54) is 18.3 Å². The van der Waals surface area contributed by atoms with E-state index in [2.05, 4.69) is 9.99 Å². The molecule has 0 spiro atoms. The molecule has 0 aliphatic carbocycles. The molecule has 0 aliphatic heterocycles. The van der Waals surface area contributed by atoms with Gasteiger partial charge in [0.25, 0.3) is 0 Å². The normalized spacial score (nSPS) is 11.3. The minimum atomic E-state index is -0.442. The summed E-state index contributed by atoms with van der Waals surface area (Å²) in [5.41, 5.74) is 2.21. The lowest BCUT2D eigenvalue weighted by Gasteiger charge is -2.05. The van der Waals surface area contributed by atoms with Crippen molar-refractivity contribution in [3.05, 3.63) is 82.0 Å². The summed E-state index contributed by atoms with van der Waals surface area (Å²) in [5, 5.41) is 5.69. The number of carbonyl (C=O) groups excluding carboxylic acids is 2. The van der Waals surface area contributed by atoms with Crippen molar-refractivity contribution >= 4 is 40.6 Å². The van der Waals surface area contributed by atoms with Crippen LogP contribution in [0, 0.1) is 0 Å². The first-order chi connectivity index (χ1) is 13.0. The molecule has 3 aromatic rings. The topological polar surface area (TPSA) is 55.7 Å². The molecule has 3 rings (SSSR count). The highest BCUT2D eigenvalue weighted by Crippen LogP contribution is 2.28. The highest BCUT2D eigenvalue weighted by atomic mass is 32.2. The van der Waals surface area contributed by atoms with E-state index in [-0.39, 0.29) is 5.78 Å². The Balaban J connectivity index is 1.66. The molecule has 0 saturated carbocycles. The van der Waals surface area contributed by atoms with Crippen molar-refractivity contribution < 1.29 is 14.4 Å². The average Bonchev–Trinajstić information content (AvgIpc) is 3.21. The van der Waals surface area contributed by atoms with Gasteiger partial charge in [-0.2, -0.15) is 0 Å². The summed E-state index contributed by atoms with van der Waals surface area (Å²) in [7, 11) is 0. The van der Waals surface area contributed by atoms with Crippen LogP contribution in [0.25, 0.3) is 0 Å². The van der Waals surface area contributed by atoms with Gasteiger partial charge in [0.05, 0.1) is 10.6 Å². The maximum atomic E-state index is 12.3. The molecule has 0 N–H and O–H groups in total. The molecular formula is C21H17NO3S2. The smallest absolute Gasteiger partial charge is 0.318 e. The van der Waals surface area contributed by atoms with Gasteiger partial charge in [0.1, 0.15) is 0 Å². The van der Waals surface area contributed by atoms with Crippen LogP contribution in [0.2, 0.25) is 0 Å². The van der Waals surface area contributed by atoms with Crippen LogP contribution < -0.4 is 0 Å². The third kappa shape index (κ3) is 5.15. The van der Waals surface area contributed by atoms with E-state index in [0.29, 0.717) is 11.3 Å². The SMILES string of the molecule is CC(=O)O/N=C(\C)c1ccc(Sc2ccc(C(=O)c3cccs3)cc2)cc1. The standard InChI is InChI=1S/C21H17NO3S2/c1-14(22-25-15(2)23)16-5-9-18(10-6-16)27-19-11-7-17(8-12-19)21(24)20-4-3-13-26-20/h3-13H,1-2H3/b22-14+. The first kappa shape index (κ1) is 19.1. The summed E-state index contributed by atoms with van der Waals surface area (Å²) >= 11 is 3.06. The Bertz CT molecular complexity index is 960. The summed E-state index contributed by atoms with van der Waals surface area (Å²) in [5.74, 6) is -0.393. The van der Waals surface area contributed by atoms with Crippen molar-refractivity contribution in [2.75, 3.05) is 0 Å². The van der Waals surface area contributed by atoms with Gasteiger partial charge in [-0.15, -0.1) is 11.3 Å². The van der Waals surface area contributed by atoms with Crippen molar-refractivity contribution in [1.29, 1.82) is 0 Å². The fourth-order valence-electron chi connectivity index (χ4n) is 2.31. The molecule has 27 heavy (non-hydrogen) atoms. The van der Waals surface area contributed by atoms with Crippen LogP contribution in [0.3, 0.4) is 0 Å². The lowest BCUT2D eigenvalue weighted by Crippen LogP contribution is -1.99. The molecule has 4 nitrogen and oxygen atoms in total. The molecular weight excluding hydrogens is 378 g/mol. The number of ketones is 1. The van der Waals surface area contributed by atoms with Crippen LogP contribution in [-0.2, 0) is 9.63 Å². The Hall–Kier alpha value is -2.70. The molecule has 136 valence electrons. The lowest BCUT2D eigenvalue weighted by atomic mass is 10.1. The number of nitrogens with zero attached hydrogens (tertiary/aromatic N) is 1. The maximum absolute atomic E-state index is 12.3. The van der Waals surface area contributed by atoms with Crippen molar-refractivity contribution in [3.63, 3.8) is 0 Å². The number of carbonyl (C=O) groups is 2. The zero-order valence-corrected chi connectivity index (χ0v) is 16.5. The molecule has 0 bridgehead atoms. The Morgan fingerprint density at radius 3 is 2.00 bits per heavy atom.